The maximum Gasteiger partial charge on any atom is 0.329 e. The van der Waals surface area contributed by atoms with Gasteiger partial charge in [0.1, 0.15) is 6.04 Å². The number of rotatable bonds is 3. The van der Waals surface area contributed by atoms with E-state index in [0.717, 1.165) is 5.75 Å². The molecule has 102 valence electrons. The van der Waals surface area contributed by atoms with Crippen molar-refractivity contribution < 1.29 is 14.3 Å². The average molecular weight is 280 g/mol. The number of thioether (sulfide) groups is 1. The van der Waals surface area contributed by atoms with Crippen LogP contribution in [0.4, 0.5) is 0 Å². The highest BCUT2D eigenvalue weighted by Gasteiger charge is 2.33. The Morgan fingerprint density at radius 1 is 1.58 bits per heavy atom. The number of ether oxygens (including phenoxy) is 1. The Bertz CT molecular complexity index is 452. The van der Waals surface area contributed by atoms with Crippen LogP contribution in [0, 0.1) is 0 Å². The number of hydrogen-bond acceptors (Lipinski definition) is 5. The Hall–Kier alpha value is -1.56. The van der Waals surface area contributed by atoms with Crippen molar-refractivity contribution in [3.05, 3.63) is 30.1 Å². The lowest BCUT2D eigenvalue weighted by atomic mass is 10.2. The van der Waals surface area contributed by atoms with Crippen molar-refractivity contribution >= 4 is 23.6 Å². The summed E-state index contributed by atoms with van der Waals surface area (Å²) < 4.78 is 5.04. The maximum absolute atomic E-state index is 12.4. The molecule has 6 heteroatoms. The lowest BCUT2D eigenvalue weighted by Gasteiger charge is -2.33. The molecular weight excluding hydrogens is 264 g/mol. The third-order valence-corrected chi connectivity index (χ3v) is 3.88. The molecule has 1 aromatic rings. The molecule has 19 heavy (non-hydrogen) atoms. The number of carbonyl (C=O) groups excluding carboxylic acids is 2. The number of esters is 1. The number of nitrogens with zero attached hydrogens (tertiary/aromatic N) is 2. The van der Waals surface area contributed by atoms with Crippen molar-refractivity contribution in [2.45, 2.75) is 13.0 Å². The predicted molar refractivity (Wildman–Crippen MR) is 73.0 cm³/mol. The molecule has 0 saturated carbocycles. The quantitative estimate of drug-likeness (QED) is 0.779. The van der Waals surface area contributed by atoms with E-state index in [4.69, 9.17) is 4.74 Å². The minimum atomic E-state index is -0.494. The van der Waals surface area contributed by atoms with Gasteiger partial charge in [0.2, 0.25) is 0 Å². The monoisotopic (exact) mass is 280 g/mol. The van der Waals surface area contributed by atoms with Crippen LogP contribution in [-0.2, 0) is 9.53 Å². The lowest BCUT2D eigenvalue weighted by molar-refractivity contribution is -0.147. The van der Waals surface area contributed by atoms with Crippen molar-refractivity contribution in [2.75, 3.05) is 24.7 Å². The first-order valence-electron chi connectivity index (χ1n) is 6.19. The van der Waals surface area contributed by atoms with E-state index < -0.39 is 6.04 Å². The Kier molecular flexibility index (Phi) is 4.79. The maximum atomic E-state index is 12.4. The molecule has 0 radical (unpaired) electrons. The molecule has 5 nitrogen and oxygen atoms in total. The lowest BCUT2D eigenvalue weighted by Crippen LogP contribution is -2.51. The molecule has 0 spiro atoms. The molecule has 1 atom stereocenters. The summed E-state index contributed by atoms with van der Waals surface area (Å²) in [7, 11) is 0. The molecule has 1 aromatic heterocycles. The van der Waals surface area contributed by atoms with Gasteiger partial charge in [0.25, 0.3) is 5.91 Å². The number of amides is 1. The summed E-state index contributed by atoms with van der Waals surface area (Å²) in [5.41, 5.74) is 0.503. The highest BCUT2D eigenvalue weighted by Crippen LogP contribution is 2.20. The topological polar surface area (TPSA) is 59.5 Å². The standard InChI is InChI=1S/C13H16N2O3S/c1-2-18-13(17)11-9-19-7-6-15(11)12(16)10-4-3-5-14-8-10/h3-5,8,11H,2,6-7,9H2,1H3. The van der Waals surface area contributed by atoms with Gasteiger partial charge < -0.3 is 9.64 Å². The largest absolute Gasteiger partial charge is 0.464 e. The van der Waals surface area contributed by atoms with Crippen LogP contribution in [0.5, 0.6) is 0 Å². The SMILES string of the molecule is CCOC(=O)C1CSCCN1C(=O)c1cccnc1. The van der Waals surface area contributed by atoms with Crippen molar-refractivity contribution in [1.82, 2.24) is 9.88 Å². The summed E-state index contributed by atoms with van der Waals surface area (Å²) in [6, 6.07) is 2.93. The van der Waals surface area contributed by atoms with E-state index in [1.54, 1.807) is 41.9 Å². The highest BCUT2D eigenvalue weighted by molar-refractivity contribution is 7.99. The molecule has 1 aliphatic heterocycles. The summed E-state index contributed by atoms with van der Waals surface area (Å²) in [4.78, 5) is 29.8. The third-order valence-electron chi connectivity index (χ3n) is 2.86. The van der Waals surface area contributed by atoms with Crippen LogP contribution >= 0.6 is 11.8 Å². The number of pyridine rings is 1. The van der Waals surface area contributed by atoms with Gasteiger partial charge in [0.15, 0.2) is 0 Å². The van der Waals surface area contributed by atoms with Gasteiger partial charge in [-0.15, -0.1) is 0 Å². The molecule has 1 aliphatic rings. The Labute approximate surface area is 116 Å². The predicted octanol–water partition coefficient (Wildman–Crippen LogP) is 1.20. The first-order valence-corrected chi connectivity index (χ1v) is 7.35. The van der Waals surface area contributed by atoms with E-state index >= 15 is 0 Å². The van der Waals surface area contributed by atoms with E-state index in [0.29, 0.717) is 24.5 Å². The molecule has 2 heterocycles. The minimum absolute atomic E-state index is 0.161. The fourth-order valence-electron chi connectivity index (χ4n) is 1.94. The minimum Gasteiger partial charge on any atom is -0.464 e. The molecule has 0 N–H and O–H groups in total. The summed E-state index contributed by atoms with van der Waals surface area (Å²) >= 11 is 1.66. The van der Waals surface area contributed by atoms with Gasteiger partial charge in [-0.25, -0.2) is 4.79 Å². The van der Waals surface area contributed by atoms with Crippen molar-refractivity contribution in [3.63, 3.8) is 0 Å². The van der Waals surface area contributed by atoms with Gasteiger partial charge in [-0.1, -0.05) is 0 Å². The van der Waals surface area contributed by atoms with Crippen LogP contribution in [0.2, 0.25) is 0 Å². The molecule has 1 unspecified atom stereocenters. The van der Waals surface area contributed by atoms with Crippen LogP contribution in [0.15, 0.2) is 24.5 Å². The average Bonchev–Trinajstić information content (AvgIpc) is 2.47. The van der Waals surface area contributed by atoms with Gasteiger partial charge in [-0.2, -0.15) is 11.8 Å². The molecule has 2 rings (SSSR count). The van der Waals surface area contributed by atoms with Crippen molar-refractivity contribution in [2.24, 2.45) is 0 Å². The van der Waals surface area contributed by atoms with E-state index in [9.17, 15) is 9.59 Å². The Balaban J connectivity index is 2.15. The molecule has 0 bridgehead atoms. The zero-order valence-corrected chi connectivity index (χ0v) is 11.6. The molecule has 1 amide bonds. The van der Waals surface area contributed by atoms with Crippen LogP contribution in [0.1, 0.15) is 17.3 Å². The zero-order valence-electron chi connectivity index (χ0n) is 10.7. The van der Waals surface area contributed by atoms with E-state index in [-0.39, 0.29) is 11.9 Å². The second kappa shape index (κ2) is 6.56. The summed E-state index contributed by atoms with van der Waals surface area (Å²) in [6.07, 6.45) is 3.14. The first-order chi connectivity index (χ1) is 9.24. The summed E-state index contributed by atoms with van der Waals surface area (Å²) in [5.74, 6) is 0.936. The number of hydrogen-bond donors (Lipinski definition) is 0. The third kappa shape index (κ3) is 3.26. The highest BCUT2D eigenvalue weighted by atomic mass is 32.2. The van der Waals surface area contributed by atoms with Gasteiger partial charge in [0.05, 0.1) is 12.2 Å². The van der Waals surface area contributed by atoms with E-state index in [1.807, 2.05) is 0 Å². The molecule has 1 saturated heterocycles. The Morgan fingerprint density at radius 3 is 3.11 bits per heavy atom. The van der Waals surface area contributed by atoms with Crippen LogP contribution < -0.4 is 0 Å². The summed E-state index contributed by atoms with van der Waals surface area (Å²) in [5, 5.41) is 0. The van der Waals surface area contributed by atoms with Crippen molar-refractivity contribution in [1.29, 1.82) is 0 Å². The van der Waals surface area contributed by atoms with Crippen LogP contribution in [-0.4, -0.2) is 52.5 Å². The fourth-order valence-corrected chi connectivity index (χ4v) is 2.97. The first kappa shape index (κ1) is 13.9. The second-order valence-corrected chi connectivity index (χ2v) is 5.23. The Morgan fingerprint density at radius 2 is 2.42 bits per heavy atom. The fraction of sp³-hybridized carbons (Fsp3) is 0.462. The van der Waals surface area contributed by atoms with Gasteiger partial charge in [-0.05, 0) is 19.1 Å². The van der Waals surface area contributed by atoms with Crippen molar-refractivity contribution in [3.8, 4) is 0 Å². The normalized spacial score (nSPS) is 19.0. The van der Waals surface area contributed by atoms with Crippen LogP contribution in [0.3, 0.4) is 0 Å². The summed E-state index contributed by atoms with van der Waals surface area (Å²) in [6.45, 7) is 2.65. The van der Waals surface area contributed by atoms with Gasteiger partial charge in [-0.3, -0.25) is 9.78 Å². The second-order valence-electron chi connectivity index (χ2n) is 4.08. The van der Waals surface area contributed by atoms with E-state index in [1.165, 1.54) is 6.20 Å². The van der Waals surface area contributed by atoms with Gasteiger partial charge >= 0.3 is 5.97 Å². The smallest absolute Gasteiger partial charge is 0.329 e. The number of carbonyl (C=O) groups is 2. The molecular formula is C13H16N2O3S. The zero-order chi connectivity index (χ0) is 13.7. The van der Waals surface area contributed by atoms with Gasteiger partial charge in [0, 0.05) is 30.4 Å². The molecule has 0 aliphatic carbocycles. The number of aromatic nitrogens is 1. The van der Waals surface area contributed by atoms with E-state index in [2.05, 4.69) is 4.98 Å². The molecule has 1 fully saturated rings. The van der Waals surface area contributed by atoms with Crippen LogP contribution in [0.25, 0.3) is 0 Å². The molecule has 0 aromatic carbocycles.